The number of carbonyl (C=O) groups excluding carboxylic acids is 1. The molecule has 0 amide bonds. The molecule has 0 fully saturated rings. The Labute approximate surface area is 145 Å². The first kappa shape index (κ1) is 18.1. The maximum atomic E-state index is 12.4. The molecule has 0 spiro atoms. The second-order valence-corrected chi connectivity index (χ2v) is 5.80. The average molecular weight is 338 g/mol. The van der Waals surface area contributed by atoms with Crippen molar-refractivity contribution in [1.29, 1.82) is 0 Å². The zero-order valence-corrected chi connectivity index (χ0v) is 13.9. The fourth-order valence-electron chi connectivity index (χ4n) is 2.58. The van der Waals surface area contributed by atoms with Crippen molar-refractivity contribution in [3.05, 3.63) is 76.4 Å². The Morgan fingerprint density at radius 3 is 1.80 bits per heavy atom. The summed E-state index contributed by atoms with van der Waals surface area (Å²) >= 11 is 0. The maximum Gasteiger partial charge on any atom is 0.336 e. The first-order chi connectivity index (χ1) is 11.8. The summed E-state index contributed by atoms with van der Waals surface area (Å²) in [5.74, 6) is -3.23. The second kappa shape index (κ2) is 7.57. The molecule has 0 saturated heterocycles. The van der Waals surface area contributed by atoms with Crippen LogP contribution in [0.1, 0.15) is 33.5 Å². The van der Waals surface area contributed by atoms with E-state index < -0.39 is 29.7 Å². The third-order valence-corrected chi connectivity index (χ3v) is 3.76. The molecule has 128 valence electrons. The molecule has 0 atom stereocenters. The van der Waals surface area contributed by atoms with Crippen molar-refractivity contribution in [2.75, 3.05) is 0 Å². The van der Waals surface area contributed by atoms with Crippen LogP contribution >= 0.6 is 0 Å². The van der Waals surface area contributed by atoms with Gasteiger partial charge in [-0.1, -0.05) is 53.6 Å². The van der Waals surface area contributed by atoms with E-state index in [-0.39, 0.29) is 11.1 Å². The number of carbonyl (C=O) groups is 3. The van der Waals surface area contributed by atoms with Crippen LogP contribution in [0.15, 0.2) is 54.1 Å². The Morgan fingerprint density at radius 1 is 0.800 bits per heavy atom. The quantitative estimate of drug-likeness (QED) is 0.621. The molecule has 25 heavy (non-hydrogen) atoms. The summed E-state index contributed by atoms with van der Waals surface area (Å²) < 4.78 is 0. The number of hydrogen-bond donors (Lipinski definition) is 2. The van der Waals surface area contributed by atoms with Gasteiger partial charge in [-0.25, -0.2) is 9.59 Å². The van der Waals surface area contributed by atoms with E-state index in [1.807, 2.05) is 13.0 Å². The molecule has 0 aliphatic heterocycles. The third kappa shape index (κ3) is 4.41. The lowest BCUT2D eigenvalue weighted by atomic mass is 9.93. The Balaban J connectivity index is 2.52. The number of benzene rings is 2. The molecule has 2 aromatic carbocycles. The number of rotatable bonds is 6. The fraction of sp³-hybridized carbons (Fsp3) is 0.150. The summed E-state index contributed by atoms with van der Waals surface area (Å²) in [7, 11) is 0. The Bertz CT molecular complexity index is 877. The van der Waals surface area contributed by atoms with E-state index in [1.165, 1.54) is 6.07 Å². The minimum Gasteiger partial charge on any atom is -0.478 e. The highest BCUT2D eigenvalue weighted by atomic mass is 16.4. The van der Waals surface area contributed by atoms with Gasteiger partial charge in [0.05, 0.1) is 11.1 Å². The predicted molar refractivity (Wildman–Crippen MR) is 93.5 cm³/mol. The SMILES string of the molecule is Cc1cccc(C(=O)CC(C(=O)O)=C(C(=O)O)c2cccc(C)c2)c1. The standard InChI is InChI=1S/C20H18O5/c1-12-5-3-7-14(9-12)17(21)11-16(19(22)23)18(20(24)25)15-8-4-6-13(2)10-15/h3-10H,11H2,1-2H3,(H,22,23)(H,24,25). The van der Waals surface area contributed by atoms with Gasteiger partial charge in [-0.3, -0.25) is 4.79 Å². The largest absolute Gasteiger partial charge is 0.478 e. The number of hydrogen-bond acceptors (Lipinski definition) is 3. The molecule has 0 unspecified atom stereocenters. The van der Waals surface area contributed by atoms with Crippen molar-refractivity contribution in [3.8, 4) is 0 Å². The van der Waals surface area contributed by atoms with Crippen LogP contribution in [0.4, 0.5) is 0 Å². The van der Waals surface area contributed by atoms with Gasteiger partial charge < -0.3 is 10.2 Å². The van der Waals surface area contributed by atoms with Gasteiger partial charge in [0.15, 0.2) is 5.78 Å². The van der Waals surface area contributed by atoms with E-state index >= 15 is 0 Å². The van der Waals surface area contributed by atoms with Crippen LogP contribution in [-0.4, -0.2) is 27.9 Å². The molecule has 2 N–H and O–H groups in total. The van der Waals surface area contributed by atoms with Crippen molar-refractivity contribution in [2.24, 2.45) is 0 Å². The number of ketones is 1. The zero-order valence-electron chi connectivity index (χ0n) is 13.9. The summed E-state index contributed by atoms with van der Waals surface area (Å²) in [6.07, 6.45) is -0.492. The van der Waals surface area contributed by atoms with Crippen molar-refractivity contribution >= 4 is 23.3 Å². The third-order valence-electron chi connectivity index (χ3n) is 3.76. The van der Waals surface area contributed by atoms with Crippen LogP contribution in [0.3, 0.4) is 0 Å². The predicted octanol–water partition coefficient (Wildman–Crippen LogP) is 3.50. The van der Waals surface area contributed by atoms with Crippen molar-refractivity contribution in [2.45, 2.75) is 20.3 Å². The molecular formula is C20H18O5. The molecule has 0 aromatic heterocycles. The van der Waals surface area contributed by atoms with Crippen LogP contribution in [0.2, 0.25) is 0 Å². The van der Waals surface area contributed by atoms with Gasteiger partial charge in [-0.05, 0) is 25.5 Å². The summed E-state index contributed by atoms with van der Waals surface area (Å²) in [5.41, 5.74) is 1.49. The molecule has 0 heterocycles. The lowest BCUT2D eigenvalue weighted by Gasteiger charge is -2.10. The normalized spacial score (nSPS) is 11.6. The molecular weight excluding hydrogens is 320 g/mol. The number of aryl methyl sites for hydroxylation is 2. The van der Waals surface area contributed by atoms with E-state index in [0.717, 1.165) is 11.1 Å². The zero-order chi connectivity index (χ0) is 18.6. The molecule has 0 bridgehead atoms. The van der Waals surface area contributed by atoms with Gasteiger partial charge in [-0.15, -0.1) is 0 Å². The van der Waals surface area contributed by atoms with E-state index in [1.54, 1.807) is 43.3 Å². The lowest BCUT2D eigenvalue weighted by Crippen LogP contribution is -2.14. The van der Waals surface area contributed by atoms with E-state index in [0.29, 0.717) is 5.56 Å². The maximum absolute atomic E-state index is 12.4. The number of carboxylic acids is 2. The topological polar surface area (TPSA) is 91.7 Å². The van der Waals surface area contributed by atoms with E-state index in [4.69, 9.17) is 0 Å². The smallest absolute Gasteiger partial charge is 0.336 e. The highest BCUT2D eigenvalue weighted by Gasteiger charge is 2.24. The van der Waals surface area contributed by atoms with Crippen LogP contribution in [0.5, 0.6) is 0 Å². The van der Waals surface area contributed by atoms with Gasteiger partial charge in [-0.2, -0.15) is 0 Å². The molecule has 2 aromatic rings. The molecule has 0 saturated carbocycles. The van der Waals surface area contributed by atoms with Gasteiger partial charge >= 0.3 is 11.9 Å². The van der Waals surface area contributed by atoms with Crippen molar-refractivity contribution in [3.63, 3.8) is 0 Å². The second-order valence-electron chi connectivity index (χ2n) is 5.80. The molecule has 0 radical (unpaired) electrons. The molecule has 0 aliphatic rings. The number of carboxylic acid groups (broad SMARTS) is 2. The number of Topliss-reactive ketones (excluding diaryl/α,β-unsaturated/α-hetero) is 1. The summed E-state index contributed by atoms with van der Waals surface area (Å²) in [6.45, 7) is 3.60. The molecule has 2 rings (SSSR count). The van der Waals surface area contributed by atoms with Crippen molar-refractivity contribution < 1.29 is 24.6 Å². The van der Waals surface area contributed by atoms with Gasteiger partial charge in [0.1, 0.15) is 0 Å². The first-order valence-electron chi connectivity index (χ1n) is 7.66. The Morgan fingerprint density at radius 2 is 1.32 bits per heavy atom. The van der Waals surface area contributed by atoms with Crippen LogP contribution < -0.4 is 0 Å². The first-order valence-corrected chi connectivity index (χ1v) is 7.66. The average Bonchev–Trinajstić information content (AvgIpc) is 2.53. The monoisotopic (exact) mass is 338 g/mol. The lowest BCUT2D eigenvalue weighted by molar-refractivity contribution is -0.134. The van der Waals surface area contributed by atoms with Gasteiger partial charge in [0.25, 0.3) is 0 Å². The molecule has 0 aliphatic carbocycles. The van der Waals surface area contributed by atoms with Crippen LogP contribution in [0, 0.1) is 13.8 Å². The highest BCUT2D eigenvalue weighted by molar-refractivity contribution is 6.23. The van der Waals surface area contributed by atoms with Gasteiger partial charge in [0.2, 0.25) is 0 Å². The minimum atomic E-state index is -1.42. The molecule has 5 nitrogen and oxygen atoms in total. The Kier molecular flexibility index (Phi) is 5.49. The highest BCUT2D eigenvalue weighted by Crippen LogP contribution is 2.24. The van der Waals surface area contributed by atoms with Crippen LogP contribution in [-0.2, 0) is 9.59 Å². The van der Waals surface area contributed by atoms with E-state index in [9.17, 15) is 24.6 Å². The summed E-state index contributed by atoms with van der Waals surface area (Å²) in [6, 6.07) is 13.3. The van der Waals surface area contributed by atoms with Gasteiger partial charge in [0, 0.05) is 12.0 Å². The van der Waals surface area contributed by atoms with Crippen LogP contribution in [0.25, 0.3) is 5.57 Å². The summed E-state index contributed by atoms with van der Waals surface area (Å²) in [5, 5.41) is 19.0. The molecule has 5 heteroatoms. The minimum absolute atomic E-state index is 0.266. The summed E-state index contributed by atoms with van der Waals surface area (Å²) in [4.78, 5) is 35.8. The van der Waals surface area contributed by atoms with Crippen molar-refractivity contribution in [1.82, 2.24) is 0 Å². The van der Waals surface area contributed by atoms with E-state index in [2.05, 4.69) is 0 Å². The Hall–Kier alpha value is -3.21. The number of aliphatic carboxylic acids is 2. The fourth-order valence-corrected chi connectivity index (χ4v) is 2.58.